The second kappa shape index (κ2) is 4.26. The molecule has 92 valence electrons. The van der Waals surface area contributed by atoms with Gasteiger partial charge in [0.25, 0.3) is 0 Å². The number of amides is 2. The zero-order valence-corrected chi connectivity index (χ0v) is 10.3. The SMILES string of the molecule is CC1(C)C(=O)NC(=O)[C@H](C#N)[C@@H]1c1ccccc1. The van der Waals surface area contributed by atoms with Crippen LogP contribution in [0.2, 0.25) is 0 Å². The highest BCUT2D eigenvalue weighted by Crippen LogP contribution is 2.43. The minimum Gasteiger partial charge on any atom is -0.295 e. The van der Waals surface area contributed by atoms with Crippen molar-refractivity contribution in [3.8, 4) is 6.07 Å². The third-order valence-electron chi connectivity index (χ3n) is 3.51. The highest BCUT2D eigenvalue weighted by Gasteiger charge is 2.50. The van der Waals surface area contributed by atoms with Crippen molar-refractivity contribution < 1.29 is 9.59 Å². The van der Waals surface area contributed by atoms with E-state index in [1.807, 2.05) is 36.4 Å². The summed E-state index contributed by atoms with van der Waals surface area (Å²) in [5.41, 5.74) is 0.0626. The average Bonchev–Trinajstić information content (AvgIpc) is 2.34. The van der Waals surface area contributed by atoms with Gasteiger partial charge in [-0.3, -0.25) is 14.9 Å². The third kappa shape index (κ3) is 1.78. The Morgan fingerprint density at radius 2 is 1.83 bits per heavy atom. The number of hydrogen-bond donors (Lipinski definition) is 1. The monoisotopic (exact) mass is 242 g/mol. The lowest BCUT2D eigenvalue weighted by Crippen LogP contribution is -2.54. The minimum atomic E-state index is -0.833. The van der Waals surface area contributed by atoms with Gasteiger partial charge in [0.2, 0.25) is 11.8 Å². The molecule has 2 rings (SSSR count). The zero-order chi connectivity index (χ0) is 13.3. The molecule has 0 radical (unpaired) electrons. The number of piperidine rings is 1. The van der Waals surface area contributed by atoms with E-state index < -0.39 is 23.2 Å². The molecule has 1 aromatic rings. The predicted molar refractivity (Wildman–Crippen MR) is 65.2 cm³/mol. The summed E-state index contributed by atoms with van der Waals surface area (Å²) < 4.78 is 0. The smallest absolute Gasteiger partial charge is 0.244 e. The predicted octanol–water partition coefficient (Wildman–Crippen LogP) is 1.59. The van der Waals surface area contributed by atoms with Gasteiger partial charge in [0.05, 0.1) is 11.5 Å². The van der Waals surface area contributed by atoms with Crippen LogP contribution in [0.3, 0.4) is 0 Å². The molecule has 0 aromatic heterocycles. The topological polar surface area (TPSA) is 70.0 Å². The Balaban J connectivity index is 2.54. The van der Waals surface area contributed by atoms with E-state index in [4.69, 9.17) is 0 Å². The highest BCUT2D eigenvalue weighted by molar-refractivity contribution is 6.03. The molecule has 1 aliphatic heterocycles. The van der Waals surface area contributed by atoms with Crippen molar-refractivity contribution in [3.63, 3.8) is 0 Å². The van der Waals surface area contributed by atoms with Gasteiger partial charge in [0, 0.05) is 5.92 Å². The molecule has 1 fully saturated rings. The lowest BCUT2D eigenvalue weighted by atomic mass is 9.65. The molecule has 1 aliphatic rings. The van der Waals surface area contributed by atoms with Gasteiger partial charge in [-0.05, 0) is 5.56 Å². The number of carbonyl (C=O) groups is 2. The molecule has 0 aliphatic carbocycles. The van der Waals surface area contributed by atoms with Gasteiger partial charge in [-0.15, -0.1) is 0 Å². The van der Waals surface area contributed by atoms with E-state index in [-0.39, 0.29) is 5.91 Å². The molecule has 2 amide bonds. The van der Waals surface area contributed by atoms with Crippen LogP contribution in [-0.4, -0.2) is 11.8 Å². The zero-order valence-electron chi connectivity index (χ0n) is 10.3. The van der Waals surface area contributed by atoms with Crippen LogP contribution in [0.15, 0.2) is 30.3 Å². The summed E-state index contributed by atoms with van der Waals surface area (Å²) in [6.07, 6.45) is 0. The first-order valence-electron chi connectivity index (χ1n) is 5.78. The van der Waals surface area contributed by atoms with Gasteiger partial charge in [0.1, 0.15) is 5.92 Å². The first-order chi connectivity index (χ1) is 8.48. The summed E-state index contributed by atoms with van der Waals surface area (Å²) in [5, 5.41) is 11.5. The maximum atomic E-state index is 11.9. The lowest BCUT2D eigenvalue weighted by molar-refractivity contribution is -0.144. The molecule has 1 N–H and O–H groups in total. The van der Waals surface area contributed by atoms with Gasteiger partial charge in [-0.25, -0.2) is 0 Å². The van der Waals surface area contributed by atoms with E-state index in [1.165, 1.54) is 0 Å². The number of benzene rings is 1. The molecule has 0 bridgehead atoms. The van der Waals surface area contributed by atoms with Crippen molar-refractivity contribution in [2.45, 2.75) is 19.8 Å². The standard InChI is InChI=1S/C14H14N2O2/c1-14(2)11(9-6-4-3-5-7-9)10(8-15)12(17)16-13(14)18/h3-7,10-11H,1-2H3,(H,16,17,18)/t10-,11+/m1/s1. The maximum absolute atomic E-state index is 11.9. The molecule has 2 atom stereocenters. The largest absolute Gasteiger partial charge is 0.295 e. The van der Waals surface area contributed by atoms with Gasteiger partial charge in [-0.1, -0.05) is 44.2 Å². The summed E-state index contributed by atoms with van der Waals surface area (Å²) in [7, 11) is 0. The maximum Gasteiger partial charge on any atom is 0.244 e. The average molecular weight is 242 g/mol. The fourth-order valence-corrected chi connectivity index (χ4v) is 2.46. The van der Waals surface area contributed by atoms with Crippen molar-refractivity contribution in [3.05, 3.63) is 35.9 Å². The number of nitrogens with zero attached hydrogens (tertiary/aromatic N) is 1. The summed E-state index contributed by atoms with van der Waals surface area (Å²) in [5.74, 6) is -2.08. The summed E-state index contributed by atoms with van der Waals surface area (Å²) in [6, 6.07) is 11.3. The van der Waals surface area contributed by atoms with E-state index in [9.17, 15) is 14.9 Å². The Morgan fingerprint density at radius 1 is 1.22 bits per heavy atom. The number of nitriles is 1. The fourth-order valence-electron chi connectivity index (χ4n) is 2.46. The van der Waals surface area contributed by atoms with Crippen LogP contribution in [0.25, 0.3) is 0 Å². The van der Waals surface area contributed by atoms with Crippen molar-refractivity contribution in [1.82, 2.24) is 5.32 Å². The summed E-state index contributed by atoms with van der Waals surface area (Å²) in [4.78, 5) is 23.7. The van der Waals surface area contributed by atoms with Crippen LogP contribution >= 0.6 is 0 Å². The Bertz CT molecular complexity index is 528. The van der Waals surface area contributed by atoms with Crippen LogP contribution in [0.5, 0.6) is 0 Å². The van der Waals surface area contributed by atoms with E-state index in [1.54, 1.807) is 13.8 Å². The second-order valence-electron chi connectivity index (χ2n) is 5.04. The number of hydrogen-bond acceptors (Lipinski definition) is 3. The van der Waals surface area contributed by atoms with Crippen LogP contribution in [-0.2, 0) is 9.59 Å². The van der Waals surface area contributed by atoms with Crippen molar-refractivity contribution >= 4 is 11.8 Å². The molecule has 0 saturated carbocycles. The molecule has 0 spiro atoms. The van der Waals surface area contributed by atoms with Crippen LogP contribution in [0.1, 0.15) is 25.3 Å². The normalized spacial score (nSPS) is 26.3. The molecule has 4 heteroatoms. The molecule has 1 aromatic carbocycles. The van der Waals surface area contributed by atoms with E-state index in [2.05, 4.69) is 5.32 Å². The van der Waals surface area contributed by atoms with Gasteiger partial charge in [0.15, 0.2) is 0 Å². The Hall–Kier alpha value is -2.15. The van der Waals surface area contributed by atoms with Gasteiger partial charge < -0.3 is 0 Å². The first kappa shape index (κ1) is 12.3. The number of nitrogens with one attached hydrogen (secondary N) is 1. The van der Waals surface area contributed by atoms with Crippen LogP contribution in [0.4, 0.5) is 0 Å². The molecule has 1 heterocycles. The Morgan fingerprint density at radius 3 is 2.39 bits per heavy atom. The quantitative estimate of drug-likeness (QED) is 0.760. The van der Waals surface area contributed by atoms with Crippen LogP contribution in [0, 0.1) is 22.7 Å². The van der Waals surface area contributed by atoms with Gasteiger partial charge in [-0.2, -0.15) is 5.26 Å². The number of rotatable bonds is 1. The van der Waals surface area contributed by atoms with Crippen molar-refractivity contribution in [1.29, 1.82) is 5.26 Å². The summed E-state index contributed by atoms with van der Waals surface area (Å²) >= 11 is 0. The molecule has 0 unspecified atom stereocenters. The van der Waals surface area contributed by atoms with Crippen molar-refractivity contribution in [2.75, 3.05) is 0 Å². The molecule has 18 heavy (non-hydrogen) atoms. The molecule has 4 nitrogen and oxygen atoms in total. The highest BCUT2D eigenvalue weighted by atomic mass is 16.2. The second-order valence-corrected chi connectivity index (χ2v) is 5.04. The fraction of sp³-hybridized carbons (Fsp3) is 0.357. The number of imide groups is 1. The third-order valence-corrected chi connectivity index (χ3v) is 3.51. The first-order valence-corrected chi connectivity index (χ1v) is 5.78. The Labute approximate surface area is 106 Å². The summed E-state index contributed by atoms with van der Waals surface area (Å²) in [6.45, 7) is 3.52. The molecule has 1 saturated heterocycles. The Kier molecular flexibility index (Phi) is 2.92. The molecular weight excluding hydrogens is 228 g/mol. The molecular formula is C14H14N2O2. The minimum absolute atomic E-state index is 0.326. The van der Waals surface area contributed by atoms with E-state index >= 15 is 0 Å². The van der Waals surface area contributed by atoms with Crippen molar-refractivity contribution in [2.24, 2.45) is 11.3 Å². The van der Waals surface area contributed by atoms with E-state index in [0.717, 1.165) is 5.56 Å². The van der Waals surface area contributed by atoms with Gasteiger partial charge >= 0.3 is 0 Å². The lowest BCUT2D eigenvalue weighted by Gasteiger charge is -2.39. The van der Waals surface area contributed by atoms with Crippen LogP contribution < -0.4 is 5.32 Å². The van der Waals surface area contributed by atoms with E-state index in [0.29, 0.717) is 0 Å². The number of carbonyl (C=O) groups excluding carboxylic acids is 2.